The number of alkyl carbamates (subject to hydrolysis) is 1. The molecule has 2 fully saturated rings. The Morgan fingerprint density at radius 2 is 1.96 bits per heavy atom. The van der Waals surface area contributed by atoms with Gasteiger partial charge in [0.25, 0.3) is 0 Å². The standard InChI is InChI=1S/C18H24N2O4/c1-18(2,3)24-16(21)19-14-9-15-13(14)10-20(15)17(22)23-11-12-7-5-4-6-8-12/h4-8,13-15H,9-11H2,1-3H3,(H,19,21)/t13-,14-,15?/m1/s1. The summed E-state index contributed by atoms with van der Waals surface area (Å²) in [6.07, 6.45) is 0.0801. The number of nitrogens with zero attached hydrogens (tertiary/aromatic N) is 1. The quantitative estimate of drug-likeness (QED) is 0.924. The van der Waals surface area contributed by atoms with Crippen molar-refractivity contribution in [2.75, 3.05) is 6.54 Å². The Balaban J connectivity index is 1.39. The predicted octanol–water partition coefficient (Wildman–Crippen LogP) is 2.92. The van der Waals surface area contributed by atoms with Gasteiger partial charge in [0.05, 0.1) is 0 Å². The minimum absolute atomic E-state index is 0.0861. The fourth-order valence-electron chi connectivity index (χ4n) is 3.15. The van der Waals surface area contributed by atoms with E-state index < -0.39 is 11.7 Å². The van der Waals surface area contributed by atoms with Gasteiger partial charge in [-0.3, -0.25) is 0 Å². The third kappa shape index (κ3) is 3.63. The molecule has 1 aromatic rings. The zero-order chi connectivity index (χ0) is 17.3. The van der Waals surface area contributed by atoms with Crippen LogP contribution in [0.25, 0.3) is 0 Å². The fourth-order valence-corrected chi connectivity index (χ4v) is 3.15. The van der Waals surface area contributed by atoms with Crippen LogP contribution < -0.4 is 5.32 Å². The summed E-state index contributed by atoms with van der Waals surface area (Å²) in [5.41, 5.74) is 0.473. The molecule has 1 unspecified atom stereocenters. The summed E-state index contributed by atoms with van der Waals surface area (Å²) >= 11 is 0. The normalized spacial score (nSPS) is 25.0. The minimum Gasteiger partial charge on any atom is -0.445 e. The Morgan fingerprint density at radius 1 is 1.25 bits per heavy atom. The van der Waals surface area contributed by atoms with Gasteiger partial charge in [-0.1, -0.05) is 30.3 Å². The number of nitrogens with one attached hydrogen (secondary N) is 1. The van der Waals surface area contributed by atoms with Gasteiger partial charge < -0.3 is 19.7 Å². The minimum atomic E-state index is -0.500. The van der Waals surface area contributed by atoms with E-state index in [4.69, 9.17) is 9.47 Å². The second-order valence-corrected chi connectivity index (χ2v) is 7.41. The van der Waals surface area contributed by atoms with Gasteiger partial charge in [0.2, 0.25) is 0 Å². The molecule has 2 amide bonds. The molecule has 3 rings (SSSR count). The molecule has 3 atom stereocenters. The molecule has 0 bridgehead atoms. The second kappa shape index (κ2) is 6.34. The van der Waals surface area contributed by atoms with E-state index in [1.54, 1.807) is 4.90 Å². The number of amides is 2. The summed E-state index contributed by atoms with van der Waals surface area (Å²) in [6.45, 7) is 6.42. The third-order valence-corrected chi connectivity index (χ3v) is 4.46. The Bertz CT molecular complexity index is 611. The molecule has 1 aliphatic carbocycles. The van der Waals surface area contributed by atoms with Crippen LogP contribution in [0.3, 0.4) is 0 Å². The van der Waals surface area contributed by atoms with Crippen molar-refractivity contribution >= 4 is 12.2 Å². The van der Waals surface area contributed by atoms with E-state index in [9.17, 15) is 9.59 Å². The van der Waals surface area contributed by atoms with E-state index in [0.717, 1.165) is 12.0 Å². The molecule has 0 spiro atoms. The summed E-state index contributed by atoms with van der Waals surface area (Å²) in [4.78, 5) is 25.6. The number of hydrogen-bond donors (Lipinski definition) is 1. The molecule has 6 nitrogen and oxygen atoms in total. The highest BCUT2D eigenvalue weighted by Gasteiger charge is 2.55. The summed E-state index contributed by atoms with van der Waals surface area (Å²) < 4.78 is 10.6. The highest BCUT2D eigenvalue weighted by atomic mass is 16.6. The Kier molecular flexibility index (Phi) is 4.39. The Hall–Kier alpha value is -2.24. The van der Waals surface area contributed by atoms with Gasteiger partial charge in [0.1, 0.15) is 12.2 Å². The lowest BCUT2D eigenvalue weighted by Crippen LogP contribution is -2.73. The number of hydrogen-bond acceptors (Lipinski definition) is 4. The number of carbonyl (C=O) groups is 2. The number of carbonyl (C=O) groups excluding carboxylic acids is 2. The van der Waals surface area contributed by atoms with Crippen molar-refractivity contribution in [2.24, 2.45) is 5.92 Å². The van der Waals surface area contributed by atoms with Crippen molar-refractivity contribution in [1.82, 2.24) is 10.2 Å². The monoisotopic (exact) mass is 332 g/mol. The van der Waals surface area contributed by atoms with E-state index in [2.05, 4.69) is 5.32 Å². The van der Waals surface area contributed by atoms with E-state index in [0.29, 0.717) is 12.5 Å². The van der Waals surface area contributed by atoms with E-state index in [-0.39, 0.29) is 24.8 Å². The summed E-state index contributed by atoms with van der Waals surface area (Å²) in [5, 5.41) is 2.88. The molecule has 1 N–H and O–H groups in total. The van der Waals surface area contributed by atoms with Crippen LogP contribution in [0.2, 0.25) is 0 Å². The van der Waals surface area contributed by atoms with Crippen LogP contribution in [0.1, 0.15) is 32.8 Å². The third-order valence-electron chi connectivity index (χ3n) is 4.46. The van der Waals surface area contributed by atoms with Gasteiger partial charge in [0.15, 0.2) is 0 Å². The molecule has 1 saturated carbocycles. The van der Waals surface area contributed by atoms with E-state index in [1.165, 1.54) is 0 Å². The number of piperidine rings is 1. The van der Waals surface area contributed by atoms with Gasteiger partial charge in [0, 0.05) is 24.5 Å². The van der Waals surface area contributed by atoms with Crippen LogP contribution in [-0.2, 0) is 16.1 Å². The number of fused-ring (bicyclic) bond motifs is 1. The molecular weight excluding hydrogens is 308 g/mol. The maximum Gasteiger partial charge on any atom is 0.410 e. The Morgan fingerprint density at radius 3 is 2.54 bits per heavy atom. The van der Waals surface area contributed by atoms with Gasteiger partial charge in [-0.2, -0.15) is 0 Å². The molecule has 1 heterocycles. The number of ether oxygens (including phenoxy) is 2. The maximum absolute atomic E-state index is 12.1. The zero-order valence-corrected chi connectivity index (χ0v) is 14.3. The smallest absolute Gasteiger partial charge is 0.410 e. The lowest BCUT2D eigenvalue weighted by atomic mass is 9.67. The van der Waals surface area contributed by atoms with Crippen LogP contribution in [-0.4, -0.2) is 41.3 Å². The lowest BCUT2D eigenvalue weighted by molar-refractivity contribution is -0.0763. The average Bonchev–Trinajstić information content (AvgIpc) is 2.49. The zero-order valence-electron chi connectivity index (χ0n) is 14.3. The lowest BCUT2D eigenvalue weighted by Gasteiger charge is -2.59. The summed E-state index contributed by atoms with van der Waals surface area (Å²) in [7, 11) is 0. The molecule has 1 aromatic carbocycles. The van der Waals surface area contributed by atoms with Crippen molar-refractivity contribution in [3.05, 3.63) is 35.9 Å². The number of likely N-dealkylation sites (tertiary alicyclic amines) is 1. The number of rotatable bonds is 3. The van der Waals surface area contributed by atoms with Crippen molar-refractivity contribution < 1.29 is 19.1 Å². The van der Waals surface area contributed by atoms with Gasteiger partial charge in [-0.15, -0.1) is 0 Å². The molecule has 1 aliphatic heterocycles. The van der Waals surface area contributed by atoms with Crippen LogP contribution in [0.4, 0.5) is 9.59 Å². The number of benzene rings is 1. The van der Waals surface area contributed by atoms with Crippen molar-refractivity contribution in [2.45, 2.75) is 51.5 Å². The first-order valence-electron chi connectivity index (χ1n) is 8.30. The predicted molar refractivity (Wildman–Crippen MR) is 88.4 cm³/mol. The highest BCUT2D eigenvalue weighted by molar-refractivity contribution is 5.71. The molecule has 130 valence electrons. The first kappa shape index (κ1) is 16.6. The first-order chi connectivity index (χ1) is 11.3. The highest BCUT2D eigenvalue weighted by Crippen LogP contribution is 2.42. The molecule has 2 aliphatic rings. The summed E-state index contributed by atoms with van der Waals surface area (Å²) in [6, 6.07) is 9.88. The molecule has 6 heteroatoms. The van der Waals surface area contributed by atoms with Crippen molar-refractivity contribution in [3.63, 3.8) is 0 Å². The maximum atomic E-state index is 12.1. The van der Waals surface area contributed by atoms with E-state index in [1.807, 2.05) is 51.1 Å². The van der Waals surface area contributed by atoms with Gasteiger partial charge >= 0.3 is 12.2 Å². The van der Waals surface area contributed by atoms with Gasteiger partial charge in [-0.05, 0) is 32.8 Å². The largest absolute Gasteiger partial charge is 0.445 e. The fraction of sp³-hybridized carbons (Fsp3) is 0.556. The topological polar surface area (TPSA) is 67.9 Å². The average molecular weight is 332 g/mol. The van der Waals surface area contributed by atoms with Crippen LogP contribution >= 0.6 is 0 Å². The van der Waals surface area contributed by atoms with Crippen LogP contribution in [0.15, 0.2) is 30.3 Å². The van der Waals surface area contributed by atoms with Crippen LogP contribution in [0, 0.1) is 5.92 Å². The van der Waals surface area contributed by atoms with Crippen molar-refractivity contribution in [1.29, 1.82) is 0 Å². The molecular formula is C18H24N2O4. The first-order valence-corrected chi connectivity index (χ1v) is 8.30. The molecule has 24 heavy (non-hydrogen) atoms. The summed E-state index contributed by atoms with van der Waals surface area (Å²) in [5.74, 6) is 0.307. The van der Waals surface area contributed by atoms with E-state index >= 15 is 0 Å². The SMILES string of the molecule is CC(C)(C)OC(=O)N[C@@H]1CC2[C@@H]1CN2C(=O)OCc1ccccc1. The van der Waals surface area contributed by atoms with Crippen LogP contribution in [0.5, 0.6) is 0 Å². The molecule has 0 aromatic heterocycles. The second-order valence-electron chi connectivity index (χ2n) is 7.41. The van der Waals surface area contributed by atoms with Gasteiger partial charge in [-0.25, -0.2) is 9.59 Å². The molecule has 1 saturated heterocycles. The van der Waals surface area contributed by atoms with Crippen molar-refractivity contribution in [3.8, 4) is 0 Å². The molecule has 0 radical (unpaired) electrons. The Labute approximate surface area is 142 Å².